The van der Waals surface area contributed by atoms with Crippen LogP contribution < -0.4 is 4.74 Å². The standard InChI is InChI=1S/C10H7F5O3/c1-17-4-18-8-3-6(11)5(2-7(8)12)9(16)10(13,14)15/h2-3H,4H2,1H3. The van der Waals surface area contributed by atoms with Crippen LogP contribution in [-0.2, 0) is 4.74 Å². The summed E-state index contributed by atoms with van der Waals surface area (Å²) in [6.45, 7) is -0.414. The molecule has 8 heteroatoms. The third-order valence-electron chi connectivity index (χ3n) is 1.86. The molecule has 0 heterocycles. The van der Waals surface area contributed by atoms with E-state index in [1.807, 2.05) is 0 Å². The van der Waals surface area contributed by atoms with Crippen LogP contribution in [0, 0.1) is 11.6 Å². The maximum absolute atomic E-state index is 13.2. The minimum atomic E-state index is -5.28. The van der Waals surface area contributed by atoms with Gasteiger partial charge in [0.05, 0.1) is 5.56 Å². The molecular weight excluding hydrogens is 263 g/mol. The molecule has 0 amide bonds. The zero-order valence-electron chi connectivity index (χ0n) is 8.98. The monoisotopic (exact) mass is 270 g/mol. The summed E-state index contributed by atoms with van der Waals surface area (Å²) in [5.74, 6) is -5.92. The highest BCUT2D eigenvalue weighted by atomic mass is 19.4. The number of Topliss-reactive ketones (excluding diaryl/α,β-unsaturated/α-hetero) is 1. The Morgan fingerprint density at radius 1 is 1.22 bits per heavy atom. The second-order valence-electron chi connectivity index (χ2n) is 3.14. The molecule has 0 aromatic heterocycles. The van der Waals surface area contributed by atoms with Crippen LogP contribution in [0.1, 0.15) is 10.4 Å². The minimum Gasteiger partial charge on any atom is -0.464 e. The topological polar surface area (TPSA) is 35.5 Å². The van der Waals surface area contributed by atoms with Gasteiger partial charge in [-0.05, 0) is 6.07 Å². The van der Waals surface area contributed by atoms with Crippen LogP contribution in [0.15, 0.2) is 12.1 Å². The van der Waals surface area contributed by atoms with Gasteiger partial charge in [0.15, 0.2) is 18.4 Å². The molecule has 0 aliphatic carbocycles. The summed E-state index contributed by atoms with van der Waals surface area (Å²) in [7, 11) is 1.22. The first-order chi connectivity index (χ1) is 8.27. The van der Waals surface area contributed by atoms with Crippen LogP contribution in [0.4, 0.5) is 22.0 Å². The molecule has 18 heavy (non-hydrogen) atoms. The van der Waals surface area contributed by atoms with Gasteiger partial charge in [-0.3, -0.25) is 4.79 Å². The summed E-state index contributed by atoms with van der Waals surface area (Å²) in [5.41, 5.74) is -1.40. The first kappa shape index (κ1) is 14.4. The molecule has 0 unspecified atom stereocenters. The Morgan fingerprint density at radius 3 is 2.33 bits per heavy atom. The fraction of sp³-hybridized carbons (Fsp3) is 0.300. The smallest absolute Gasteiger partial charge is 0.454 e. The van der Waals surface area contributed by atoms with E-state index in [2.05, 4.69) is 9.47 Å². The van der Waals surface area contributed by atoms with E-state index in [4.69, 9.17) is 0 Å². The highest BCUT2D eigenvalue weighted by molar-refractivity contribution is 6.00. The van der Waals surface area contributed by atoms with Crippen molar-refractivity contribution >= 4 is 5.78 Å². The van der Waals surface area contributed by atoms with Crippen molar-refractivity contribution in [2.45, 2.75) is 6.18 Å². The Labute approximate surface area is 98.1 Å². The first-order valence-electron chi connectivity index (χ1n) is 4.49. The van der Waals surface area contributed by atoms with E-state index in [1.165, 1.54) is 7.11 Å². The number of ketones is 1. The van der Waals surface area contributed by atoms with Crippen LogP contribution in [0.2, 0.25) is 0 Å². The van der Waals surface area contributed by atoms with Gasteiger partial charge in [-0.1, -0.05) is 0 Å². The second-order valence-corrected chi connectivity index (χ2v) is 3.14. The molecule has 0 spiro atoms. The summed E-state index contributed by atoms with van der Waals surface area (Å²) in [6, 6.07) is 0.490. The average molecular weight is 270 g/mol. The average Bonchev–Trinajstić information content (AvgIpc) is 2.27. The molecule has 100 valence electrons. The Kier molecular flexibility index (Phi) is 4.23. The summed E-state index contributed by atoms with van der Waals surface area (Å²) >= 11 is 0. The van der Waals surface area contributed by atoms with Gasteiger partial charge < -0.3 is 9.47 Å². The van der Waals surface area contributed by atoms with Crippen LogP contribution >= 0.6 is 0 Å². The van der Waals surface area contributed by atoms with Crippen molar-refractivity contribution < 1.29 is 36.2 Å². The second kappa shape index (κ2) is 5.30. The molecule has 0 N–H and O–H groups in total. The lowest BCUT2D eigenvalue weighted by Gasteiger charge is -2.10. The van der Waals surface area contributed by atoms with Gasteiger partial charge in [-0.15, -0.1) is 0 Å². The molecule has 0 bridgehead atoms. The Balaban J connectivity index is 3.11. The predicted molar refractivity (Wildman–Crippen MR) is 49.2 cm³/mol. The van der Waals surface area contributed by atoms with Crippen LogP contribution in [0.25, 0.3) is 0 Å². The predicted octanol–water partition coefficient (Wildman–Crippen LogP) is 2.69. The lowest BCUT2D eigenvalue weighted by molar-refractivity contribution is -0.0887. The molecule has 0 atom stereocenters. The fourth-order valence-corrected chi connectivity index (χ4v) is 1.09. The van der Waals surface area contributed by atoms with Gasteiger partial charge in [0.2, 0.25) is 0 Å². The molecule has 0 aliphatic rings. The number of rotatable bonds is 4. The van der Waals surface area contributed by atoms with Gasteiger partial charge in [-0.25, -0.2) is 8.78 Å². The summed E-state index contributed by atoms with van der Waals surface area (Å²) in [4.78, 5) is 10.8. The van der Waals surface area contributed by atoms with Crippen molar-refractivity contribution in [1.29, 1.82) is 0 Å². The molecule has 1 rings (SSSR count). The normalized spacial score (nSPS) is 11.4. The van der Waals surface area contributed by atoms with Crippen LogP contribution in [0.3, 0.4) is 0 Å². The van der Waals surface area contributed by atoms with E-state index in [1.54, 1.807) is 0 Å². The molecule has 1 aromatic rings. The number of methoxy groups -OCH3 is 1. The van der Waals surface area contributed by atoms with Gasteiger partial charge in [0, 0.05) is 13.2 Å². The van der Waals surface area contributed by atoms with E-state index < -0.39 is 41.7 Å². The summed E-state index contributed by atoms with van der Waals surface area (Å²) < 4.78 is 71.6. The van der Waals surface area contributed by atoms with E-state index >= 15 is 0 Å². The Morgan fingerprint density at radius 2 is 1.83 bits per heavy atom. The quantitative estimate of drug-likeness (QED) is 0.479. The van der Waals surface area contributed by atoms with E-state index in [9.17, 15) is 26.7 Å². The van der Waals surface area contributed by atoms with Crippen molar-refractivity contribution in [3.05, 3.63) is 29.3 Å². The zero-order valence-corrected chi connectivity index (χ0v) is 8.98. The minimum absolute atomic E-state index is 0.135. The number of carbonyl (C=O) groups excluding carboxylic acids is 1. The number of halogens is 5. The van der Waals surface area contributed by atoms with Crippen molar-refractivity contribution in [2.75, 3.05) is 13.9 Å². The lowest BCUT2D eigenvalue weighted by Crippen LogP contribution is -2.24. The maximum atomic E-state index is 13.2. The van der Waals surface area contributed by atoms with E-state index in [0.717, 1.165) is 0 Å². The third kappa shape index (κ3) is 3.16. The number of hydrogen-bond donors (Lipinski definition) is 0. The van der Waals surface area contributed by atoms with Gasteiger partial charge in [-0.2, -0.15) is 13.2 Å². The molecule has 0 saturated carbocycles. The molecule has 0 radical (unpaired) electrons. The van der Waals surface area contributed by atoms with Gasteiger partial charge in [0.1, 0.15) is 5.82 Å². The summed E-state index contributed by atoms with van der Waals surface area (Å²) in [6.07, 6.45) is -5.28. The fourth-order valence-electron chi connectivity index (χ4n) is 1.09. The molecule has 1 aromatic carbocycles. The maximum Gasteiger partial charge on any atom is 0.454 e. The van der Waals surface area contributed by atoms with Crippen molar-refractivity contribution in [1.82, 2.24) is 0 Å². The molecule has 0 fully saturated rings. The highest BCUT2D eigenvalue weighted by Gasteiger charge is 2.41. The van der Waals surface area contributed by atoms with E-state index in [-0.39, 0.29) is 6.07 Å². The number of alkyl halides is 3. The molecular formula is C10H7F5O3. The van der Waals surface area contributed by atoms with Crippen molar-refractivity contribution in [3.63, 3.8) is 0 Å². The van der Waals surface area contributed by atoms with Crippen molar-refractivity contribution in [3.8, 4) is 5.75 Å². The Bertz CT molecular complexity index is 456. The molecule has 3 nitrogen and oxygen atoms in total. The van der Waals surface area contributed by atoms with E-state index in [0.29, 0.717) is 6.07 Å². The SMILES string of the molecule is COCOc1cc(F)c(C(=O)C(F)(F)F)cc1F. The zero-order chi connectivity index (χ0) is 13.9. The molecule has 0 saturated heterocycles. The lowest BCUT2D eigenvalue weighted by atomic mass is 10.1. The van der Waals surface area contributed by atoms with Gasteiger partial charge >= 0.3 is 6.18 Å². The largest absolute Gasteiger partial charge is 0.464 e. The van der Waals surface area contributed by atoms with Gasteiger partial charge in [0.25, 0.3) is 5.78 Å². The molecule has 0 aliphatic heterocycles. The number of ether oxygens (including phenoxy) is 2. The number of carbonyl (C=O) groups is 1. The van der Waals surface area contributed by atoms with Crippen LogP contribution in [-0.4, -0.2) is 25.9 Å². The van der Waals surface area contributed by atoms with Crippen LogP contribution in [0.5, 0.6) is 5.75 Å². The number of benzene rings is 1. The Hall–Kier alpha value is -1.70. The number of hydrogen-bond acceptors (Lipinski definition) is 3. The third-order valence-corrected chi connectivity index (χ3v) is 1.86. The highest BCUT2D eigenvalue weighted by Crippen LogP contribution is 2.27. The van der Waals surface area contributed by atoms with Crippen molar-refractivity contribution in [2.24, 2.45) is 0 Å². The summed E-state index contributed by atoms with van der Waals surface area (Å²) in [5, 5.41) is 0. The first-order valence-corrected chi connectivity index (χ1v) is 4.49.